The van der Waals surface area contributed by atoms with E-state index in [4.69, 9.17) is 10.4 Å². The van der Waals surface area contributed by atoms with Gasteiger partial charge in [0, 0.05) is 6.26 Å². The minimum Gasteiger partial charge on any atom is -0.395 e. The maximum absolute atomic E-state index is 11.3. The lowest BCUT2D eigenvalue weighted by atomic mass is 9.81. The van der Waals surface area contributed by atoms with Gasteiger partial charge < -0.3 is 5.11 Å². The monoisotopic (exact) mass is 217 g/mol. The van der Waals surface area contributed by atoms with Gasteiger partial charge in [-0.05, 0) is 18.8 Å². The first-order valence-electron chi connectivity index (χ1n) is 4.56. The number of rotatable bonds is 2. The third kappa shape index (κ3) is 1.77. The van der Waals surface area contributed by atoms with Gasteiger partial charge in [0.1, 0.15) is 9.84 Å². The summed E-state index contributed by atoms with van der Waals surface area (Å²) in [5.41, 5.74) is -0.853. The zero-order chi connectivity index (χ0) is 11.0. The number of hydrogen-bond donors (Lipinski definition) is 1. The summed E-state index contributed by atoms with van der Waals surface area (Å²) in [6.07, 6.45) is 1.93. The molecule has 3 atom stereocenters. The molecule has 0 heterocycles. The molecule has 0 radical (unpaired) electrons. The molecule has 80 valence electrons. The van der Waals surface area contributed by atoms with Crippen molar-refractivity contribution in [2.24, 2.45) is 11.3 Å². The highest BCUT2D eigenvalue weighted by Crippen LogP contribution is 2.44. The van der Waals surface area contributed by atoms with Gasteiger partial charge in [0.05, 0.1) is 23.3 Å². The Bertz CT molecular complexity index is 357. The average Bonchev–Trinajstić information content (AvgIpc) is 2.43. The molecule has 1 rings (SSSR count). The molecule has 0 aromatic carbocycles. The number of aliphatic hydroxyl groups excluding tert-OH is 1. The van der Waals surface area contributed by atoms with Crippen LogP contribution in [0.4, 0.5) is 0 Å². The third-order valence-corrected chi connectivity index (χ3v) is 4.83. The molecule has 0 unspecified atom stereocenters. The molecule has 0 aromatic heterocycles. The van der Waals surface area contributed by atoms with Gasteiger partial charge in [-0.3, -0.25) is 0 Å². The molecular weight excluding hydrogens is 202 g/mol. The molecule has 1 saturated carbocycles. The van der Waals surface area contributed by atoms with Crippen molar-refractivity contribution in [3.05, 3.63) is 0 Å². The van der Waals surface area contributed by atoms with Crippen molar-refractivity contribution in [2.45, 2.75) is 25.0 Å². The average molecular weight is 217 g/mol. The van der Waals surface area contributed by atoms with Gasteiger partial charge in [-0.2, -0.15) is 5.26 Å². The third-order valence-electron chi connectivity index (χ3n) is 3.26. The van der Waals surface area contributed by atoms with Gasteiger partial charge in [0.25, 0.3) is 0 Å². The summed E-state index contributed by atoms with van der Waals surface area (Å²) in [5.74, 6) is -0.0581. The molecule has 1 aliphatic rings. The summed E-state index contributed by atoms with van der Waals surface area (Å²) >= 11 is 0. The van der Waals surface area contributed by atoms with Gasteiger partial charge in [0.2, 0.25) is 0 Å². The Balaban J connectivity index is 2.95. The first kappa shape index (κ1) is 11.5. The molecule has 5 heteroatoms. The Morgan fingerprint density at radius 1 is 1.64 bits per heavy atom. The second-order valence-corrected chi connectivity index (χ2v) is 6.54. The second kappa shape index (κ2) is 3.52. The number of hydrogen-bond acceptors (Lipinski definition) is 4. The molecule has 4 nitrogen and oxygen atoms in total. The van der Waals surface area contributed by atoms with Crippen LogP contribution in [0.25, 0.3) is 0 Å². The summed E-state index contributed by atoms with van der Waals surface area (Å²) in [6, 6.07) is 2.06. The Labute approximate surface area is 84.5 Å². The van der Waals surface area contributed by atoms with Crippen LogP contribution in [-0.2, 0) is 9.84 Å². The quantitative estimate of drug-likeness (QED) is 0.723. The highest BCUT2D eigenvalue weighted by atomic mass is 32.2. The van der Waals surface area contributed by atoms with Crippen molar-refractivity contribution in [2.75, 3.05) is 12.9 Å². The van der Waals surface area contributed by atoms with Crippen molar-refractivity contribution in [3.63, 3.8) is 0 Å². The fourth-order valence-corrected chi connectivity index (χ4v) is 3.29. The number of sulfone groups is 1. The molecule has 0 amide bonds. The molecule has 1 fully saturated rings. The first-order chi connectivity index (χ1) is 6.35. The number of nitrogens with zero attached hydrogens (tertiary/aromatic N) is 1. The summed E-state index contributed by atoms with van der Waals surface area (Å²) in [5, 5.41) is 17.7. The maximum Gasteiger partial charge on any atom is 0.150 e. The Morgan fingerprint density at radius 2 is 2.21 bits per heavy atom. The van der Waals surface area contributed by atoms with E-state index >= 15 is 0 Å². The zero-order valence-corrected chi connectivity index (χ0v) is 9.21. The van der Waals surface area contributed by atoms with E-state index in [1.54, 1.807) is 0 Å². The molecular formula is C9H15NO3S. The molecule has 0 aliphatic heterocycles. The minimum atomic E-state index is -3.09. The zero-order valence-electron chi connectivity index (χ0n) is 8.40. The normalized spacial score (nSPS) is 38.1. The van der Waals surface area contributed by atoms with E-state index in [0.29, 0.717) is 6.42 Å². The van der Waals surface area contributed by atoms with Gasteiger partial charge in [-0.15, -0.1) is 0 Å². The van der Waals surface area contributed by atoms with Crippen LogP contribution in [-0.4, -0.2) is 31.6 Å². The largest absolute Gasteiger partial charge is 0.395 e. The molecule has 1 aliphatic carbocycles. The van der Waals surface area contributed by atoms with E-state index in [9.17, 15) is 8.42 Å². The van der Waals surface area contributed by atoms with Crippen LogP contribution in [0.1, 0.15) is 19.8 Å². The van der Waals surface area contributed by atoms with E-state index in [2.05, 4.69) is 6.07 Å². The van der Waals surface area contributed by atoms with E-state index < -0.39 is 20.5 Å². The molecule has 1 N–H and O–H groups in total. The fourth-order valence-electron chi connectivity index (χ4n) is 2.05. The standard InChI is InChI=1S/C9H15NO3S/c1-7-3-8(14(2,12)13)4-9(7,5-10)6-11/h7-8,11H,3-4,6H2,1-2H3/t7-,8-,9+/m1/s1. The van der Waals surface area contributed by atoms with Gasteiger partial charge in [-0.25, -0.2) is 8.42 Å². The molecule has 0 aromatic rings. The van der Waals surface area contributed by atoms with Crippen LogP contribution in [0.5, 0.6) is 0 Å². The Morgan fingerprint density at radius 3 is 2.43 bits per heavy atom. The second-order valence-electron chi connectivity index (χ2n) is 4.22. The van der Waals surface area contributed by atoms with Crippen molar-refractivity contribution >= 4 is 9.84 Å². The first-order valence-corrected chi connectivity index (χ1v) is 6.52. The van der Waals surface area contributed by atoms with Gasteiger partial charge in [0.15, 0.2) is 0 Å². The van der Waals surface area contributed by atoms with Crippen molar-refractivity contribution < 1.29 is 13.5 Å². The highest BCUT2D eigenvalue weighted by Gasteiger charge is 2.48. The molecule has 0 spiro atoms. The predicted molar refractivity (Wildman–Crippen MR) is 52.2 cm³/mol. The van der Waals surface area contributed by atoms with Crippen LogP contribution in [0.15, 0.2) is 0 Å². The van der Waals surface area contributed by atoms with Crippen LogP contribution in [0.3, 0.4) is 0 Å². The maximum atomic E-state index is 11.3. The van der Waals surface area contributed by atoms with E-state index in [0.717, 1.165) is 0 Å². The van der Waals surface area contributed by atoms with Crippen molar-refractivity contribution in [3.8, 4) is 6.07 Å². The summed E-state index contributed by atoms with van der Waals surface area (Å²) in [7, 11) is -3.09. The minimum absolute atomic E-state index is 0.0581. The summed E-state index contributed by atoms with van der Waals surface area (Å²) in [6.45, 7) is 1.57. The van der Waals surface area contributed by atoms with E-state index in [-0.39, 0.29) is 18.9 Å². The SMILES string of the molecule is C[C@@H]1C[C@@H](S(C)(=O)=O)C[C@]1(C#N)CO. The van der Waals surface area contributed by atoms with Crippen molar-refractivity contribution in [1.29, 1.82) is 5.26 Å². The number of nitriles is 1. The summed E-state index contributed by atoms with van der Waals surface area (Å²) < 4.78 is 22.6. The van der Waals surface area contributed by atoms with E-state index in [1.165, 1.54) is 6.26 Å². The molecule has 14 heavy (non-hydrogen) atoms. The lowest BCUT2D eigenvalue weighted by Gasteiger charge is -2.22. The van der Waals surface area contributed by atoms with Crippen molar-refractivity contribution in [1.82, 2.24) is 0 Å². The van der Waals surface area contributed by atoms with Crippen LogP contribution >= 0.6 is 0 Å². The molecule has 0 bridgehead atoms. The lowest BCUT2D eigenvalue weighted by molar-refractivity contribution is 0.144. The summed E-state index contributed by atoms with van der Waals surface area (Å²) in [4.78, 5) is 0. The van der Waals surface area contributed by atoms with Gasteiger partial charge >= 0.3 is 0 Å². The smallest absolute Gasteiger partial charge is 0.150 e. The Hall–Kier alpha value is -0.600. The van der Waals surface area contributed by atoms with Crippen LogP contribution < -0.4 is 0 Å². The fraction of sp³-hybridized carbons (Fsp3) is 0.889. The van der Waals surface area contributed by atoms with Crippen LogP contribution in [0, 0.1) is 22.7 Å². The van der Waals surface area contributed by atoms with Crippen LogP contribution in [0.2, 0.25) is 0 Å². The molecule has 0 saturated heterocycles. The number of aliphatic hydroxyl groups is 1. The topological polar surface area (TPSA) is 78.2 Å². The van der Waals surface area contributed by atoms with Gasteiger partial charge in [-0.1, -0.05) is 6.92 Å². The predicted octanol–water partition coefficient (Wildman–Crippen LogP) is 0.332. The Kier molecular flexibility index (Phi) is 2.88. The van der Waals surface area contributed by atoms with E-state index in [1.807, 2.05) is 6.92 Å². The highest BCUT2D eigenvalue weighted by molar-refractivity contribution is 7.91. The lowest BCUT2D eigenvalue weighted by Crippen LogP contribution is -2.27.